The minimum absolute atomic E-state index is 0.0300. The number of H-pyrrole nitrogens is 1. The molecule has 142 valence electrons. The Balaban J connectivity index is 1.75. The number of oxazole rings is 1. The number of amides is 2. The molecule has 27 heavy (non-hydrogen) atoms. The van der Waals surface area contributed by atoms with Crippen molar-refractivity contribution >= 4 is 22.7 Å². The van der Waals surface area contributed by atoms with E-state index in [1.165, 1.54) is 6.92 Å². The number of primary amides is 1. The molecular formula is C18H21N5O4. The van der Waals surface area contributed by atoms with Crippen LogP contribution in [0.2, 0.25) is 0 Å². The molecule has 0 aliphatic rings. The van der Waals surface area contributed by atoms with Gasteiger partial charge in [-0.2, -0.15) is 0 Å². The smallest absolute Gasteiger partial charge is 0.273 e. The third kappa shape index (κ3) is 3.99. The zero-order valence-corrected chi connectivity index (χ0v) is 14.7. The van der Waals surface area contributed by atoms with Crippen LogP contribution in [0, 0.1) is 0 Å². The number of aliphatic hydroxyl groups excluding tert-OH is 1. The first-order valence-corrected chi connectivity index (χ1v) is 8.41. The summed E-state index contributed by atoms with van der Waals surface area (Å²) in [6.45, 7) is 1.49. The van der Waals surface area contributed by atoms with E-state index in [-0.39, 0.29) is 18.0 Å². The highest BCUT2D eigenvalue weighted by Crippen LogP contribution is 2.19. The Morgan fingerprint density at radius 3 is 2.81 bits per heavy atom. The largest absolute Gasteiger partial charge is 0.446 e. The lowest BCUT2D eigenvalue weighted by Gasteiger charge is -2.14. The Hall–Kier alpha value is -3.17. The van der Waals surface area contributed by atoms with Gasteiger partial charge in [0.15, 0.2) is 5.69 Å². The van der Waals surface area contributed by atoms with Gasteiger partial charge >= 0.3 is 0 Å². The number of nitrogens with zero attached hydrogens (tertiary/aromatic N) is 1. The molecule has 3 unspecified atom stereocenters. The van der Waals surface area contributed by atoms with Crippen LogP contribution in [-0.4, -0.2) is 39.0 Å². The van der Waals surface area contributed by atoms with Crippen LogP contribution in [0.3, 0.4) is 0 Å². The summed E-state index contributed by atoms with van der Waals surface area (Å²) < 4.78 is 5.14. The van der Waals surface area contributed by atoms with Gasteiger partial charge in [-0.15, -0.1) is 0 Å². The highest BCUT2D eigenvalue weighted by molar-refractivity contribution is 5.96. The summed E-state index contributed by atoms with van der Waals surface area (Å²) in [5.41, 5.74) is 12.9. The number of nitrogens with two attached hydrogens (primary N) is 2. The van der Waals surface area contributed by atoms with Crippen molar-refractivity contribution < 1.29 is 19.1 Å². The SMILES string of the molecule is CC(O)C(N)c1nc(C(=O)NC(Cc2c[nH]c3ccccc23)C(N)=O)co1. The molecule has 9 nitrogen and oxygen atoms in total. The summed E-state index contributed by atoms with van der Waals surface area (Å²) >= 11 is 0. The van der Waals surface area contributed by atoms with Gasteiger partial charge in [0.1, 0.15) is 18.3 Å². The van der Waals surface area contributed by atoms with Crippen LogP contribution in [0.1, 0.15) is 34.9 Å². The number of aliphatic hydroxyl groups is 1. The number of benzene rings is 1. The molecule has 3 aromatic rings. The van der Waals surface area contributed by atoms with Crippen molar-refractivity contribution in [2.24, 2.45) is 11.5 Å². The molecule has 0 saturated heterocycles. The summed E-state index contributed by atoms with van der Waals surface area (Å²) in [6.07, 6.45) is 2.24. The lowest BCUT2D eigenvalue weighted by atomic mass is 10.0. The van der Waals surface area contributed by atoms with Gasteiger partial charge in [0, 0.05) is 23.5 Å². The van der Waals surface area contributed by atoms with Crippen molar-refractivity contribution in [2.75, 3.05) is 0 Å². The fourth-order valence-electron chi connectivity index (χ4n) is 2.73. The molecule has 1 aromatic carbocycles. The second-order valence-electron chi connectivity index (χ2n) is 6.33. The van der Waals surface area contributed by atoms with E-state index in [0.29, 0.717) is 0 Å². The number of carbonyl (C=O) groups excluding carboxylic acids is 2. The van der Waals surface area contributed by atoms with Gasteiger partial charge in [-0.3, -0.25) is 9.59 Å². The molecule has 0 aliphatic carbocycles. The first-order valence-electron chi connectivity index (χ1n) is 8.41. The molecule has 2 amide bonds. The molecule has 2 aromatic heterocycles. The molecular weight excluding hydrogens is 350 g/mol. The summed E-state index contributed by atoms with van der Waals surface area (Å²) in [5, 5.41) is 13.0. The zero-order valence-electron chi connectivity index (χ0n) is 14.7. The standard InChI is InChI=1S/C18H21N5O4/c1-9(24)15(19)18-23-14(8-27-18)17(26)22-13(16(20)25)6-10-7-21-12-5-3-2-4-11(10)12/h2-5,7-9,13,15,21,24H,6,19H2,1H3,(H2,20,25)(H,22,26). The third-order valence-corrected chi connectivity index (χ3v) is 4.31. The maximum Gasteiger partial charge on any atom is 0.273 e. The Bertz CT molecular complexity index is 961. The quantitative estimate of drug-likeness (QED) is 0.403. The normalized spacial score (nSPS) is 14.6. The first kappa shape index (κ1) is 18.6. The van der Waals surface area contributed by atoms with Gasteiger partial charge in [0.25, 0.3) is 5.91 Å². The van der Waals surface area contributed by atoms with E-state index in [1.54, 1.807) is 6.20 Å². The number of para-hydroxylation sites is 1. The lowest BCUT2D eigenvalue weighted by Crippen LogP contribution is -2.46. The molecule has 0 saturated carbocycles. The van der Waals surface area contributed by atoms with E-state index in [9.17, 15) is 14.7 Å². The number of aromatic amines is 1. The number of rotatable bonds is 7. The van der Waals surface area contributed by atoms with E-state index >= 15 is 0 Å². The van der Waals surface area contributed by atoms with Gasteiger partial charge < -0.3 is 31.3 Å². The maximum atomic E-state index is 12.4. The highest BCUT2D eigenvalue weighted by Gasteiger charge is 2.24. The van der Waals surface area contributed by atoms with Crippen LogP contribution < -0.4 is 16.8 Å². The highest BCUT2D eigenvalue weighted by atomic mass is 16.3. The molecule has 0 spiro atoms. The van der Waals surface area contributed by atoms with Crippen molar-refractivity contribution in [2.45, 2.75) is 31.5 Å². The van der Waals surface area contributed by atoms with Gasteiger partial charge in [-0.1, -0.05) is 18.2 Å². The van der Waals surface area contributed by atoms with E-state index in [2.05, 4.69) is 15.3 Å². The van der Waals surface area contributed by atoms with Gasteiger partial charge in [-0.05, 0) is 18.6 Å². The molecule has 2 heterocycles. The molecule has 0 fully saturated rings. The fourth-order valence-corrected chi connectivity index (χ4v) is 2.73. The Kier molecular flexibility index (Phi) is 5.24. The predicted octanol–water partition coefficient (Wildman–Crippen LogP) is 0.363. The Morgan fingerprint density at radius 2 is 2.11 bits per heavy atom. The Morgan fingerprint density at radius 1 is 1.37 bits per heavy atom. The fraction of sp³-hybridized carbons (Fsp3) is 0.278. The number of carbonyl (C=O) groups is 2. The van der Waals surface area contributed by atoms with Crippen LogP contribution in [0.15, 0.2) is 41.1 Å². The minimum Gasteiger partial charge on any atom is -0.446 e. The second kappa shape index (κ2) is 7.60. The molecule has 9 heteroatoms. The van der Waals surface area contributed by atoms with E-state index in [1.807, 2.05) is 24.3 Å². The van der Waals surface area contributed by atoms with Crippen molar-refractivity contribution in [3.05, 3.63) is 53.9 Å². The van der Waals surface area contributed by atoms with Gasteiger partial charge in [-0.25, -0.2) is 4.98 Å². The van der Waals surface area contributed by atoms with Crippen LogP contribution in [-0.2, 0) is 11.2 Å². The topological polar surface area (TPSA) is 160 Å². The van der Waals surface area contributed by atoms with Crippen LogP contribution in [0.25, 0.3) is 10.9 Å². The third-order valence-electron chi connectivity index (χ3n) is 4.31. The summed E-state index contributed by atoms with van der Waals surface area (Å²) in [5.74, 6) is -1.26. The first-order chi connectivity index (χ1) is 12.9. The van der Waals surface area contributed by atoms with E-state index in [0.717, 1.165) is 22.7 Å². The van der Waals surface area contributed by atoms with E-state index in [4.69, 9.17) is 15.9 Å². The summed E-state index contributed by atoms with van der Waals surface area (Å²) in [6, 6.07) is 5.84. The molecule has 0 aliphatic heterocycles. The number of fused-ring (bicyclic) bond motifs is 1. The second-order valence-corrected chi connectivity index (χ2v) is 6.33. The molecule has 0 radical (unpaired) electrons. The minimum atomic E-state index is -0.928. The maximum absolute atomic E-state index is 12.4. The number of aromatic nitrogens is 2. The number of hydrogen-bond donors (Lipinski definition) is 5. The Labute approximate surface area is 154 Å². The zero-order chi connectivity index (χ0) is 19.6. The average molecular weight is 371 g/mol. The molecule has 3 atom stereocenters. The van der Waals surface area contributed by atoms with Crippen molar-refractivity contribution in [3.8, 4) is 0 Å². The van der Waals surface area contributed by atoms with E-state index < -0.39 is 30.0 Å². The summed E-state index contributed by atoms with van der Waals surface area (Å²) in [4.78, 5) is 31.3. The van der Waals surface area contributed by atoms with Gasteiger partial charge in [0.05, 0.1) is 6.10 Å². The number of nitrogens with one attached hydrogen (secondary N) is 2. The average Bonchev–Trinajstić information content (AvgIpc) is 3.28. The lowest BCUT2D eigenvalue weighted by molar-refractivity contribution is -0.119. The van der Waals surface area contributed by atoms with Crippen molar-refractivity contribution in [3.63, 3.8) is 0 Å². The molecule has 0 bridgehead atoms. The monoisotopic (exact) mass is 371 g/mol. The summed E-state index contributed by atoms with van der Waals surface area (Å²) in [7, 11) is 0. The molecule has 7 N–H and O–H groups in total. The van der Waals surface area contributed by atoms with Crippen LogP contribution >= 0.6 is 0 Å². The van der Waals surface area contributed by atoms with Gasteiger partial charge in [0.2, 0.25) is 11.8 Å². The van der Waals surface area contributed by atoms with Crippen LogP contribution in [0.4, 0.5) is 0 Å². The van der Waals surface area contributed by atoms with Crippen molar-refractivity contribution in [1.29, 1.82) is 0 Å². The van der Waals surface area contributed by atoms with Crippen LogP contribution in [0.5, 0.6) is 0 Å². The predicted molar refractivity (Wildman–Crippen MR) is 97.6 cm³/mol. The van der Waals surface area contributed by atoms with Crippen molar-refractivity contribution in [1.82, 2.24) is 15.3 Å². The molecule has 3 rings (SSSR count). The number of hydrogen-bond acceptors (Lipinski definition) is 6.